The molecule has 0 aromatic carbocycles. The van der Waals surface area contributed by atoms with Gasteiger partial charge in [0.05, 0.1) is 0 Å². The summed E-state index contributed by atoms with van der Waals surface area (Å²) in [5.41, 5.74) is 27.0. The Kier molecular flexibility index (Phi) is 2130000. The molecule has 0 heterocycles. The summed E-state index contributed by atoms with van der Waals surface area (Å²) >= 11 is 0. The van der Waals surface area contributed by atoms with Crippen LogP contribution in [0, 0.1) is 0 Å². The molecule has 26 heteroatoms. The van der Waals surface area contributed by atoms with Crippen molar-refractivity contribution in [1.29, 1.82) is 0 Å². The monoisotopic (exact) mass is 390 g/mol. The molecular weight excluding hydrogens is 344 g/mol. The topological polar surface area (TPSA) is 674 Å². The van der Waals surface area contributed by atoms with Crippen LogP contribution in [0.1, 0.15) is 0 Å². The maximum Gasteiger partial charge on any atom is 2.00 e. The fourth-order valence-electron chi connectivity index (χ4n) is 0. The van der Waals surface area contributed by atoms with Gasteiger partial charge in [-0.1, -0.05) is 0 Å². The molecule has 0 unspecified atom stereocenters. The molecular formula is H46Be4N22+4. The molecule has 160 valence electrons. The maximum absolute atomic E-state index is 6.75. The number of nitrogens with two attached hydrogens (primary N) is 6. The summed E-state index contributed by atoms with van der Waals surface area (Å²) in [7, 11) is 0. The molecule has 0 atom stereocenters. The summed E-state index contributed by atoms with van der Waals surface area (Å²) in [5.74, 6) is 0. The largest absolute Gasteiger partial charge is 2.00 e. The molecule has 0 fully saturated rings. The van der Waals surface area contributed by atoms with Crippen LogP contribution in [0.2, 0.25) is 0 Å². The van der Waals surface area contributed by atoms with E-state index in [9.17, 15) is 0 Å². The van der Waals surface area contributed by atoms with Crippen molar-refractivity contribution >= 4 is 40.5 Å². The van der Waals surface area contributed by atoms with Crippen molar-refractivity contribution in [1.82, 2.24) is 61.5 Å². The van der Waals surface area contributed by atoms with Gasteiger partial charge in [0.15, 0.2) is 0 Å². The standard InChI is InChI=1S/4Be.2N3.10H3N.6H2N/c;;;;2*1-3-2;;;;;;;;;;;;;;;;/h;;;;;;10*1H3;6*1H2/q4*+2;2*-1;;;;;;;;;;;6*-1/p+4. The summed E-state index contributed by atoms with van der Waals surface area (Å²) in [6.07, 6.45) is 0. The number of quaternary nitrogens is 4. The van der Waals surface area contributed by atoms with Crippen LogP contribution in [0.5, 0.6) is 0 Å². The third-order valence-corrected chi connectivity index (χ3v) is 0. The van der Waals surface area contributed by atoms with E-state index in [2.05, 4.69) is 0 Å². The summed E-state index contributed by atoms with van der Waals surface area (Å²) in [6.45, 7) is 0. The van der Waals surface area contributed by atoms with Gasteiger partial charge in [0.2, 0.25) is 0 Å². The Morgan fingerprint density at radius 3 is 0.308 bits per heavy atom. The normalized spacial score (nSPS) is 0.615. The Morgan fingerprint density at radius 2 is 0.308 bits per heavy atom. The van der Waals surface area contributed by atoms with Crippen molar-refractivity contribution in [2.24, 2.45) is 0 Å². The van der Waals surface area contributed by atoms with E-state index in [0.717, 1.165) is 0 Å². The van der Waals surface area contributed by atoms with E-state index in [4.69, 9.17) is 22.1 Å². The molecule has 0 rings (SSSR count). The van der Waals surface area contributed by atoms with E-state index in [1.165, 1.54) is 9.82 Å². The number of rotatable bonds is 0. The first-order valence-corrected chi connectivity index (χ1v) is 0.800. The van der Waals surface area contributed by atoms with Gasteiger partial charge >= 0.3 is 40.5 Å². The van der Waals surface area contributed by atoms with Gasteiger partial charge in [-0.15, -0.1) is 0 Å². The molecule has 0 aliphatic rings. The van der Waals surface area contributed by atoms with Gasteiger partial charge in [0.25, 0.3) is 0 Å². The Balaban J connectivity index is -0.000000000348. The van der Waals surface area contributed by atoms with Crippen LogP contribution >= 0.6 is 0 Å². The molecule has 0 aromatic rings. The third-order valence-electron chi connectivity index (χ3n) is 0. The van der Waals surface area contributed by atoms with Gasteiger partial charge in [-0.2, -0.15) is 0 Å². The third kappa shape index (κ3) is 5880. The second kappa shape index (κ2) is 28300. The Morgan fingerprint density at radius 1 is 0.308 bits per heavy atom. The summed E-state index contributed by atoms with van der Waals surface area (Å²) in [6, 6.07) is 0. The van der Waals surface area contributed by atoms with Crippen molar-refractivity contribution in [3.63, 3.8) is 0 Å². The smallest absolute Gasteiger partial charge is 0.693 e. The van der Waals surface area contributed by atoms with E-state index in [1.54, 1.807) is 0 Å². The van der Waals surface area contributed by atoms with Gasteiger partial charge in [0.1, 0.15) is 0 Å². The van der Waals surface area contributed by atoms with Crippen molar-refractivity contribution in [3.05, 3.63) is 68.9 Å². The van der Waals surface area contributed by atoms with Crippen LogP contribution in [0.15, 0.2) is 0 Å². The minimum atomic E-state index is 0. The predicted molar refractivity (Wildman–Crippen MR) is 129 cm³/mol. The van der Waals surface area contributed by atoms with Crippen LogP contribution in [-0.4, -0.2) is 40.5 Å². The van der Waals surface area contributed by atoms with Crippen LogP contribution < -0.4 is 61.5 Å². The van der Waals surface area contributed by atoms with E-state index in [-0.39, 0.29) is 139 Å². The minimum absolute atomic E-state index is 0. The van der Waals surface area contributed by atoms with Crippen LogP contribution in [0.4, 0.5) is 0 Å². The van der Waals surface area contributed by atoms with Gasteiger partial charge in [-0.3, -0.25) is 9.82 Å². The zero-order valence-electron chi connectivity index (χ0n) is 17.2. The van der Waals surface area contributed by atoms with E-state index in [0.29, 0.717) is 0 Å². The SMILES string of the molecule is N.N.N.N.N.N.[Be+2].[Be+2].[Be+2].[Be+2].[N-]=[N+]=[N-].[N-]=[N+]=[N-].[NH2-].[NH2-].[NH2-].[NH2-].[NH2-].[NH2-].[NH4+].[NH4+].[NH4+].[NH4+]. The van der Waals surface area contributed by atoms with Crippen molar-refractivity contribution in [3.8, 4) is 0 Å². The second-order valence-corrected chi connectivity index (χ2v) is 0.179. The van der Waals surface area contributed by atoms with Gasteiger partial charge < -0.3 is 121 Å². The first-order chi connectivity index (χ1) is 2.83. The van der Waals surface area contributed by atoms with E-state index in [1.807, 2.05) is 0 Å². The first kappa shape index (κ1) is 1960. The molecule has 0 saturated heterocycles. The van der Waals surface area contributed by atoms with Crippen molar-refractivity contribution in [2.45, 2.75) is 0 Å². The molecule has 0 saturated carbocycles. The summed E-state index contributed by atoms with van der Waals surface area (Å²) in [5, 5.41) is 0. The Labute approximate surface area is 171 Å². The fraction of sp³-hybridized carbons (Fsp3) is 0. The minimum Gasteiger partial charge on any atom is -0.693 e. The zero-order valence-corrected chi connectivity index (χ0v) is 17.2. The van der Waals surface area contributed by atoms with Crippen LogP contribution in [0.3, 0.4) is 0 Å². The van der Waals surface area contributed by atoms with Crippen molar-refractivity contribution in [2.75, 3.05) is 0 Å². The molecule has 0 aromatic heterocycles. The average Bonchev–Trinajstić information content (AvgIpc) is 1.39. The van der Waals surface area contributed by atoms with Gasteiger partial charge in [0, 0.05) is 0 Å². The molecule has 26 heavy (non-hydrogen) atoms. The summed E-state index contributed by atoms with van der Waals surface area (Å²) in [4.78, 5) is 3.00. The van der Waals surface area contributed by atoms with E-state index < -0.39 is 0 Å². The van der Waals surface area contributed by atoms with Gasteiger partial charge in [-0.05, 0) is 0 Å². The molecule has 0 amide bonds. The summed E-state index contributed by atoms with van der Waals surface area (Å²) < 4.78 is 0. The van der Waals surface area contributed by atoms with Crippen molar-refractivity contribution < 1.29 is 0 Å². The number of hydrogen-bond acceptors (Lipinski definition) is 6. The Bertz CT molecular complexity index is 70.1. The first-order valence-electron chi connectivity index (χ1n) is 0.800. The van der Waals surface area contributed by atoms with Gasteiger partial charge in [-0.25, -0.2) is 0 Å². The van der Waals surface area contributed by atoms with Crippen LogP contribution in [-0.2, 0) is 0 Å². The molecule has 0 aliphatic carbocycles. The Hall–Kier alpha value is -1.34. The molecule has 22 nitrogen and oxygen atoms in total. The number of nitrogens with zero attached hydrogens (tertiary/aromatic N) is 6. The van der Waals surface area contributed by atoms with Crippen LogP contribution in [0.25, 0.3) is 68.9 Å². The zero-order chi connectivity index (χ0) is 5.41. The molecule has 46 N–H and O–H groups in total. The average molecular weight is 391 g/mol. The molecule has 0 spiro atoms. The second-order valence-electron chi connectivity index (χ2n) is 0.179. The number of hydrogen-bond donors (Lipinski definition) is 10. The maximum atomic E-state index is 6.75. The molecule has 0 radical (unpaired) electrons. The predicted octanol–water partition coefficient (Wildman–Crippen LogP) is 6.99. The molecule has 0 aliphatic heterocycles. The molecule has 0 bridgehead atoms. The fourth-order valence-corrected chi connectivity index (χ4v) is 0. The quantitative estimate of drug-likeness (QED) is 0.0896. The van der Waals surface area contributed by atoms with E-state index >= 15 is 0 Å².